The molecule has 1 aliphatic heterocycles. The van der Waals surface area contributed by atoms with Crippen molar-refractivity contribution in [3.8, 4) is 0 Å². The molecule has 1 fully saturated rings. The maximum absolute atomic E-state index is 13.5. The maximum Gasteiger partial charge on any atom is 0.141 e. The molecule has 5 heteroatoms. The fourth-order valence-corrected chi connectivity index (χ4v) is 2.39. The number of pyridine rings is 1. The number of ether oxygens (including phenoxy) is 1. The van der Waals surface area contributed by atoms with E-state index in [2.05, 4.69) is 36.0 Å². The molecular weight excluding hydrogens is 257 g/mol. The molecule has 1 saturated heterocycles. The van der Waals surface area contributed by atoms with Gasteiger partial charge in [-0.05, 0) is 19.4 Å². The number of hydrogen-bond acceptors (Lipinski definition) is 4. The summed E-state index contributed by atoms with van der Waals surface area (Å²) in [5.41, 5.74) is 0.910. The predicted molar refractivity (Wildman–Crippen MR) is 78.4 cm³/mol. The van der Waals surface area contributed by atoms with Crippen molar-refractivity contribution in [2.45, 2.75) is 45.9 Å². The zero-order valence-corrected chi connectivity index (χ0v) is 12.5. The van der Waals surface area contributed by atoms with Gasteiger partial charge in [0.2, 0.25) is 0 Å². The van der Waals surface area contributed by atoms with E-state index in [1.165, 1.54) is 6.20 Å². The third-order valence-corrected chi connectivity index (χ3v) is 3.36. The Kier molecular flexibility index (Phi) is 5.31. The molecule has 4 nitrogen and oxygen atoms in total. The van der Waals surface area contributed by atoms with E-state index in [1.807, 2.05) is 0 Å². The van der Waals surface area contributed by atoms with E-state index in [9.17, 15) is 4.39 Å². The van der Waals surface area contributed by atoms with Gasteiger partial charge < -0.3 is 15.0 Å². The van der Waals surface area contributed by atoms with E-state index in [4.69, 9.17) is 4.74 Å². The van der Waals surface area contributed by atoms with Crippen molar-refractivity contribution in [2.24, 2.45) is 0 Å². The Morgan fingerprint density at radius 1 is 1.55 bits per heavy atom. The van der Waals surface area contributed by atoms with Gasteiger partial charge in [0.05, 0.1) is 12.3 Å². The first-order valence-corrected chi connectivity index (χ1v) is 7.30. The second-order valence-corrected chi connectivity index (χ2v) is 5.65. The van der Waals surface area contributed by atoms with Gasteiger partial charge in [0, 0.05) is 37.8 Å². The number of anilines is 1. The van der Waals surface area contributed by atoms with Gasteiger partial charge in [-0.15, -0.1) is 0 Å². The number of nitrogens with zero attached hydrogens (tertiary/aromatic N) is 2. The molecule has 112 valence electrons. The first-order chi connectivity index (χ1) is 9.56. The monoisotopic (exact) mass is 281 g/mol. The largest absolute Gasteiger partial charge is 0.377 e. The molecule has 1 unspecified atom stereocenters. The summed E-state index contributed by atoms with van der Waals surface area (Å²) in [5.74, 6) is 0.588. The predicted octanol–water partition coefficient (Wildman–Crippen LogP) is 2.33. The molecule has 2 rings (SSSR count). The molecule has 0 aromatic carbocycles. The fraction of sp³-hybridized carbons (Fsp3) is 0.667. The van der Waals surface area contributed by atoms with Crippen molar-refractivity contribution in [3.63, 3.8) is 0 Å². The molecule has 1 aromatic heterocycles. The summed E-state index contributed by atoms with van der Waals surface area (Å²) in [7, 11) is 0. The van der Waals surface area contributed by atoms with Crippen LogP contribution in [-0.2, 0) is 11.3 Å². The van der Waals surface area contributed by atoms with Gasteiger partial charge in [-0.25, -0.2) is 9.37 Å². The SMILES string of the molecule is CC(C)NCc1cc(F)cnc1N1CCCOC(C)C1. The average molecular weight is 281 g/mol. The Morgan fingerprint density at radius 2 is 2.35 bits per heavy atom. The van der Waals surface area contributed by atoms with E-state index in [1.54, 1.807) is 6.07 Å². The molecule has 1 atom stereocenters. The number of nitrogens with one attached hydrogen (secondary N) is 1. The summed E-state index contributed by atoms with van der Waals surface area (Å²) in [6.45, 7) is 9.32. The number of hydrogen-bond donors (Lipinski definition) is 1. The number of aromatic nitrogens is 1. The molecule has 1 aromatic rings. The lowest BCUT2D eigenvalue weighted by molar-refractivity contribution is 0.0820. The van der Waals surface area contributed by atoms with Crippen LogP contribution in [-0.4, -0.2) is 36.8 Å². The maximum atomic E-state index is 13.5. The summed E-state index contributed by atoms with van der Waals surface area (Å²) in [6, 6.07) is 1.94. The normalized spacial score (nSPS) is 20.2. The Hall–Kier alpha value is -1.20. The van der Waals surface area contributed by atoms with Crippen molar-refractivity contribution in [2.75, 3.05) is 24.6 Å². The van der Waals surface area contributed by atoms with Crippen LogP contribution in [0.5, 0.6) is 0 Å². The summed E-state index contributed by atoms with van der Waals surface area (Å²) in [4.78, 5) is 6.51. The van der Waals surface area contributed by atoms with Gasteiger partial charge in [-0.2, -0.15) is 0 Å². The topological polar surface area (TPSA) is 37.4 Å². The Labute approximate surface area is 120 Å². The van der Waals surface area contributed by atoms with Crippen molar-refractivity contribution in [1.29, 1.82) is 0 Å². The summed E-state index contributed by atoms with van der Waals surface area (Å²) in [5, 5.41) is 3.33. The fourth-order valence-electron chi connectivity index (χ4n) is 2.39. The summed E-state index contributed by atoms with van der Waals surface area (Å²) >= 11 is 0. The van der Waals surface area contributed by atoms with Crippen LogP contribution in [0.1, 0.15) is 32.8 Å². The summed E-state index contributed by atoms with van der Waals surface area (Å²) < 4.78 is 19.1. The standard InChI is InChI=1S/C15H24FN3O/c1-11(2)17-8-13-7-14(16)9-18-15(13)19-5-4-6-20-12(3)10-19/h7,9,11-12,17H,4-6,8,10H2,1-3H3. The minimum absolute atomic E-state index is 0.176. The number of rotatable bonds is 4. The highest BCUT2D eigenvalue weighted by atomic mass is 19.1. The van der Waals surface area contributed by atoms with Gasteiger partial charge in [0.25, 0.3) is 0 Å². The second-order valence-electron chi connectivity index (χ2n) is 5.65. The molecule has 0 radical (unpaired) electrons. The van der Waals surface area contributed by atoms with E-state index in [-0.39, 0.29) is 11.9 Å². The van der Waals surface area contributed by atoms with Crippen molar-refractivity contribution in [3.05, 3.63) is 23.6 Å². The lowest BCUT2D eigenvalue weighted by Crippen LogP contribution is -2.32. The van der Waals surface area contributed by atoms with Crippen LogP contribution in [0.2, 0.25) is 0 Å². The van der Waals surface area contributed by atoms with Crippen LogP contribution >= 0.6 is 0 Å². The van der Waals surface area contributed by atoms with Crippen LogP contribution < -0.4 is 10.2 Å². The van der Waals surface area contributed by atoms with Crippen LogP contribution in [0.15, 0.2) is 12.3 Å². The lowest BCUT2D eigenvalue weighted by Gasteiger charge is -2.26. The summed E-state index contributed by atoms with van der Waals surface area (Å²) in [6.07, 6.45) is 2.45. The van der Waals surface area contributed by atoms with E-state index >= 15 is 0 Å². The van der Waals surface area contributed by atoms with Crippen LogP contribution in [0, 0.1) is 5.82 Å². The van der Waals surface area contributed by atoms with Crippen molar-refractivity contribution >= 4 is 5.82 Å². The Balaban J connectivity index is 2.20. The van der Waals surface area contributed by atoms with Crippen LogP contribution in [0.3, 0.4) is 0 Å². The van der Waals surface area contributed by atoms with E-state index < -0.39 is 0 Å². The molecule has 1 aliphatic rings. The molecular formula is C15H24FN3O. The molecule has 0 aliphatic carbocycles. The van der Waals surface area contributed by atoms with Crippen molar-refractivity contribution < 1.29 is 9.13 Å². The van der Waals surface area contributed by atoms with Gasteiger partial charge in [0.15, 0.2) is 0 Å². The average Bonchev–Trinajstić information content (AvgIpc) is 2.61. The molecule has 0 amide bonds. The van der Waals surface area contributed by atoms with Crippen LogP contribution in [0.25, 0.3) is 0 Å². The van der Waals surface area contributed by atoms with Gasteiger partial charge in [-0.3, -0.25) is 0 Å². The molecule has 0 bridgehead atoms. The lowest BCUT2D eigenvalue weighted by atomic mass is 10.2. The van der Waals surface area contributed by atoms with Gasteiger partial charge >= 0.3 is 0 Å². The molecule has 0 saturated carbocycles. The highest BCUT2D eigenvalue weighted by molar-refractivity contribution is 5.47. The van der Waals surface area contributed by atoms with Crippen LogP contribution in [0.4, 0.5) is 10.2 Å². The first-order valence-electron chi connectivity index (χ1n) is 7.30. The highest BCUT2D eigenvalue weighted by Crippen LogP contribution is 2.21. The Bertz CT molecular complexity index is 439. The highest BCUT2D eigenvalue weighted by Gasteiger charge is 2.19. The third-order valence-electron chi connectivity index (χ3n) is 3.36. The third kappa shape index (κ3) is 4.15. The first kappa shape index (κ1) is 15.2. The van der Waals surface area contributed by atoms with Gasteiger partial charge in [-0.1, -0.05) is 13.8 Å². The minimum atomic E-state index is -0.284. The quantitative estimate of drug-likeness (QED) is 0.919. The molecule has 2 heterocycles. The minimum Gasteiger partial charge on any atom is -0.377 e. The zero-order valence-electron chi connectivity index (χ0n) is 12.5. The zero-order chi connectivity index (χ0) is 14.5. The van der Waals surface area contributed by atoms with Gasteiger partial charge in [0.1, 0.15) is 11.6 Å². The molecule has 0 spiro atoms. The smallest absolute Gasteiger partial charge is 0.141 e. The second kappa shape index (κ2) is 6.99. The molecule has 1 N–H and O–H groups in total. The van der Waals surface area contributed by atoms with E-state index in [0.717, 1.165) is 37.5 Å². The number of halogens is 1. The molecule has 20 heavy (non-hydrogen) atoms. The Morgan fingerprint density at radius 3 is 3.10 bits per heavy atom. The van der Waals surface area contributed by atoms with Crippen molar-refractivity contribution in [1.82, 2.24) is 10.3 Å². The van der Waals surface area contributed by atoms with E-state index in [0.29, 0.717) is 12.6 Å².